The highest BCUT2D eigenvalue weighted by molar-refractivity contribution is 5.25. The lowest BCUT2D eigenvalue weighted by Gasteiger charge is -1.83. The Labute approximate surface area is 86.3 Å². The maximum Gasteiger partial charge on any atom is 0.273 e. The van der Waals surface area contributed by atoms with Gasteiger partial charge in [0, 0.05) is 18.5 Å². The molecule has 0 unspecified atom stereocenters. The minimum absolute atomic E-state index is 0.698. The van der Waals surface area contributed by atoms with Gasteiger partial charge in [0.25, 0.3) is 5.82 Å². The first-order chi connectivity index (χ1) is 7.34. The van der Waals surface area contributed by atoms with Crippen LogP contribution in [0, 0.1) is 0 Å². The fourth-order valence-electron chi connectivity index (χ4n) is 1.05. The van der Waals surface area contributed by atoms with Gasteiger partial charge >= 0.3 is 0 Å². The zero-order valence-corrected chi connectivity index (χ0v) is 8.25. The van der Waals surface area contributed by atoms with Gasteiger partial charge in [0.1, 0.15) is 7.05 Å². The van der Waals surface area contributed by atoms with Gasteiger partial charge in [0.15, 0.2) is 11.0 Å². The first-order valence-corrected chi connectivity index (χ1v) is 4.48. The summed E-state index contributed by atoms with van der Waals surface area (Å²) in [6, 6.07) is 7.40. The summed E-state index contributed by atoms with van der Waals surface area (Å²) in [6.45, 7) is 0. The molecule has 0 atom stereocenters. The van der Waals surface area contributed by atoms with Crippen molar-refractivity contribution < 1.29 is 4.81 Å². The van der Waals surface area contributed by atoms with Gasteiger partial charge in [-0.05, 0) is 28.1 Å². The van der Waals surface area contributed by atoms with Gasteiger partial charge in [-0.2, -0.15) is 0 Å². The third-order valence-corrected chi connectivity index (χ3v) is 1.70. The summed E-state index contributed by atoms with van der Waals surface area (Å²) in [7, 11) is 1.72. The van der Waals surface area contributed by atoms with Gasteiger partial charge in [0.2, 0.25) is 0 Å². The summed E-state index contributed by atoms with van der Waals surface area (Å²) in [5, 5.41) is 11.9. The molecule has 0 bridgehead atoms. The Kier molecular flexibility index (Phi) is 2.68. The Morgan fingerprint density at radius 1 is 1.07 bits per heavy atom. The number of nitrogens with zero attached hydrogens (tertiary/aromatic N) is 4. The zero-order chi connectivity index (χ0) is 10.5. The first-order valence-electron chi connectivity index (χ1n) is 4.48. The predicted octanol–water partition coefficient (Wildman–Crippen LogP) is 2.77. The highest BCUT2D eigenvalue weighted by Crippen LogP contribution is 2.09. The summed E-state index contributed by atoms with van der Waals surface area (Å²) >= 11 is 0. The van der Waals surface area contributed by atoms with Crippen LogP contribution in [-0.4, -0.2) is 21.8 Å². The SMILES string of the molecule is C[N+](N=Nc1ccc[nH]1)=Nc1ccc[nH]1. The van der Waals surface area contributed by atoms with Crippen LogP contribution in [0.1, 0.15) is 0 Å². The molecule has 2 aromatic rings. The van der Waals surface area contributed by atoms with Crippen LogP contribution >= 0.6 is 0 Å². The van der Waals surface area contributed by atoms with Crippen molar-refractivity contribution in [3.8, 4) is 0 Å². The Bertz CT molecular complexity index is 451. The molecular weight excluding hydrogens is 192 g/mol. The van der Waals surface area contributed by atoms with E-state index in [1.54, 1.807) is 19.4 Å². The average Bonchev–Trinajstić information content (AvgIpc) is 2.86. The predicted molar refractivity (Wildman–Crippen MR) is 54.4 cm³/mol. The molecular formula is C9H11N6+. The summed E-state index contributed by atoms with van der Waals surface area (Å²) in [4.78, 5) is 7.25. The number of azo groups is 1. The molecule has 2 N–H and O–H groups in total. The topological polar surface area (TPSA) is 71.7 Å². The summed E-state index contributed by atoms with van der Waals surface area (Å²) in [5.41, 5.74) is 0. The lowest BCUT2D eigenvalue weighted by Crippen LogP contribution is -1.88. The molecule has 2 heterocycles. The highest BCUT2D eigenvalue weighted by Gasteiger charge is 1.98. The van der Waals surface area contributed by atoms with Crippen molar-refractivity contribution in [1.82, 2.24) is 9.97 Å². The molecule has 0 aromatic carbocycles. The minimum atomic E-state index is 0.698. The smallest absolute Gasteiger partial charge is 0.273 e. The lowest BCUT2D eigenvalue weighted by atomic mass is 10.6. The molecule has 6 heteroatoms. The number of aromatic amines is 2. The van der Waals surface area contributed by atoms with Gasteiger partial charge < -0.3 is 9.97 Å². The van der Waals surface area contributed by atoms with E-state index in [0.29, 0.717) is 5.82 Å². The van der Waals surface area contributed by atoms with Crippen LogP contribution < -0.4 is 0 Å². The molecule has 0 aliphatic carbocycles. The standard InChI is InChI=1S/C9H10N6/c1-15(13-9-5-3-7-11-9)14-12-8-4-2-6-10-8/h2-7H,1H3,(H,10,14)/p+1. The van der Waals surface area contributed by atoms with Crippen LogP contribution in [0.4, 0.5) is 11.6 Å². The zero-order valence-electron chi connectivity index (χ0n) is 8.25. The molecule has 0 spiro atoms. The number of hydrogen-bond donors (Lipinski definition) is 2. The maximum atomic E-state index is 4.12. The molecule has 0 saturated carbocycles. The number of aromatic nitrogens is 2. The number of hydrogen-bond acceptors (Lipinski definition) is 2. The molecule has 0 aliphatic rings. The van der Waals surface area contributed by atoms with E-state index in [-0.39, 0.29) is 0 Å². The van der Waals surface area contributed by atoms with E-state index < -0.39 is 0 Å². The van der Waals surface area contributed by atoms with Gasteiger partial charge in [-0.3, -0.25) is 0 Å². The Morgan fingerprint density at radius 3 is 2.33 bits per heavy atom. The summed E-state index contributed by atoms with van der Waals surface area (Å²) in [6.07, 6.45) is 3.59. The minimum Gasteiger partial charge on any atom is -0.344 e. The molecule has 0 fully saturated rings. The molecule has 2 aromatic heterocycles. The van der Waals surface area contributed by atoms with Crippen LogP contribution in [-0.2, 0) is 0 Å². The third-order valence-electron chi connectivity index (χ3n) is 1.70. The highest BCUT2D eigenvalue weighted by atomic mass is 15.6. The van der Waals surface area contributed by atoms with E-state index >= 15 is 0 Å². The first kappa shape index (κ1) is 9.32. The Balaban J connectivity index is 2.06. The second kappa shape index (κ2) is 4.32. The Hall–Kier alpha value is -2.24. The van der Waals surface area contributed by atoms with E-state index in [9.17, 15) is 0 Å². The van der Waals surface area contributed by atoms with E-state index in [0.717, 1.165) is 5.82 Å². The normalized spacial score (nSPS) is 12.5. The molecule has 0 saturated heterocycles. The second-order valence-corrected chi connectivity index (χ2v) is 2.89. The van der Waals surface area contributed by atoms with Gasteiger partial charge in [-0.1, -0.05) is 0 Å². The van der Waals surface area contributed by atoms with Crippen LogP contribution in [0.15, 0.2) is 52.1 Å². The molecule has 2 rings (SSSR count). The largest absolute Gasteiger partial charge is 0.344 e. The van der Waals surface area contributed by atoms with Crippen molar-refractivity contribution in [2.45, 2.75) is 0 Å². The number of nitrogens with one attached hydrogen (secondary N) is 2. The third kappa shape index (κ3) is 2.60. The molecule has 76 valence electrons. The molecule has 15 heavy (non-hydrogen) atoms. The van der Waals surface area contributed by atoms with Crippen molar-refractivity contribution in [2.24, 2.45) is 15.5 Å². The van der Waals surface area contributed by atoms with Gasteiger partial charge in [-0.25, -0.2) is 0 Å². The van der Waals surface area contributed by atoms with Crippen molar-refractivity contribution in [2.75, 3.05) is 7.05 Å². The van der Waals surface area contributed by atoms with Crippen molar-refractivity contribution in [1.29, 1.82) is 0 Å². The van der Waals surface area contributed by atoms with Crippen molar-refractivity contribution >= 4 is 11.6 Å². The summed E-state index contributed by atoms with van der Waals surface area (Å²) in [5.74, 6) is 1.44. The van der Waals surface area contributed by atoms with E-state index in [4.69, 9.17) is 0 Å². The van der Waals surface area contributed by atoms with Crippen LogP contribution in [0.3, 0.4) is 0 Å². The molecule has 6 nitrogen and oxygen atoms in total. The fourth-order valence-corrected chi connectivity index (χ4v) is 1.05. The van der Waals surface area contributed by atoms with Crippen LogP contribution in [0.25, 0.3) is 0 Å². The fraction of sp³-hybridized carbons (Fsp3) is 0.111. The lowest BCUT2D eigenvalue weighted by molar-refractivity contribution is -0.575. The molecule has 0 radical (unpaired) electrons. The van der Waals surface area contributed by atoms with E-state index in [2.05, 4.69) is 25.4 Å². The second-order valence-electron chi connectivity index (χ2n) is 2.89. The van der Waals surface area contributed by atoms with Crippen molar-refractivity contribution in [3.05, 3.63) is 36.7 Å². The quantitative estimate of drug-likeness (QED) is 0.437. The van der Waals surface area contributed by atoms with Crippen molar-refractivity contribution in [3.63, 3.8) is 0 Å². The van der Waals surface area contributed by atoms with Crippen LogP contribution in [0.5, 0.6) is 0 Å². The van der Waals surface area contributed by atoms with E-state index in [1.165, 1.54) is 4.81 Å². The maximum absolute atomic E-state index is 4.12. The number of rotatable bonds is 3. The molecule has 0 amide bonds. The Morgan fingerprint density at radius 2 is 1.73 bits per heavy atom. The van der Waals surface area contributed by atoms with Gasteiger partial charge in [0.05, 0.1) is 5.11 Å². The van der Waals surface area contributed by atoms with E-state index in [1.807, 2.05) is 24.3 Å². The summed E-state index contributed by atoms with van der Waals surface area (Å²) < 4.78 is 0. The average molecular weight is 203 g/mol. The van der Waals surface area contributed by atoms with Gasteiger partial charge in [-0.15, -0.1) is 0 Å². The number of H-pyrrole nitrogens is 2. The molecule has 0 aliphatic heterocycles. The van der Waals surface area contributed by atoms with Crippen LogP contribution in [0.2, 0.25) is 0 Å². The monoisotopic (exact) mass is 203 g/mol.